The van der Waals surface area contributed by atoms with Crippen molar-refractivity contribution in [3.63, 3.8) is 0 Å². The molecule has 0 aliphatic heterocycles. The predicted octanol–water partition coefficient (Wildman–Crippen LogP) is 6.10. The summed E-state index contributed by atoms with van der Waals surface area (Å²) in [7, 11) is -3.67. The molecule has 0 unspecified atom stereocenters. The molecule has 3 N–H and O–H groups in total. The standard InChI is InChI=1S/C22H20ClN5O2S2/c1-14-3-5-17(6-4-14)26-22-24-15(2)13-20(27-22)25-16-7-9-18(10-8-16)28-32(29,30)21-12-11-19(23)31-21/h3-13,28H,1-2H3,(H2,24,25,26,27). The van der Waals surface area contributed by atoms with Crippen LogP contribution in [0.1, 0.15) is 11.3 Å². The van der Waals surface area contributed by atoms with E-state index in [0.717, 1.165) is 28.4 Å². The highest BCUT2D eigenvalue weighted by atomic mass is 35.5. The minimum absolute atomic E-state index is 0.162. The number of aromatic nitrogens is 2. The average molecular weight is 486 g/mol. The lowest BCUT2D eigenvalue weighted by molar-refractivity contribution is 0.603. The molecular weight excluding hydrogens is 466 g/mol. The van der Waals surface area contributed by atoms with Crippen molar-refractivity contribution in [3.05, 3.63) is 82.3 Å². The third-order valence-electron chi connectivity index (χ3n) is 4.38. The van der Waals surface area contributed by atoms with Crippen molar-refractivity contribution in [1.82, 2.24) is 9.97 Å². The average Bonchev–Trinajstić information content (AvgIpc) is 3.18. The molecule has 0 saturated heterocycles. The number of aryl methyl sites for hydroxylation is 2. The molecule has 4 rings (SSSR count). The number of sulfonamides is 1. The van der Waals surface area contributed by atoms with E-state index < -0.39 is 10.0 Å². The first-order chi connectivity index (χ1) is 15.3. The van der Waals surface area contributed by atoms with Crippen LogP contribution in [0.4, 0.5) is 28.8 Å². The third kappa shape index (κ3) is 5.56. The van der Waals surface area contributed by atoms with Crippen LogP contribution in [0.5, 0.6) is 0 Å². The minimum Gasteiger partial charge on any atom is -0.340 e. The third-order valence-corrected chi connectivity index (χ3v) is 7.49. The topological polar surface area (TPSA) is 96.0 Å². The molecular formula is C22H20ClN5O2S2. The number of halogens is 1. The summed E-state index contributed by atoms with van der Waals surface area (Å²) in [5.74, 6) is 1.10. The van der Waals surface area contributed by atoms with Crippen molar-refractivity contribution in [2.24, 2.45) is 0 Å². The Bertz CT molecular complexity index is 1340. The van der Waals surface area contributed by atoms with E-state index in [-0.39, 0.29) is 4.21 Å². The molecule has 10 heteroatoms. The second-order valence-corrected chi connectivity index (χ2v) is 10.7. The number of thiophene rings is 1. The Morgan fingerprint density at radius 3 is 2.09 bits per heavy atom. The molecule has 2 heterocycles. The molecule has 0 radical (unpaired) electrons. The molecule has 0 fully saturated rings. The van der Waals surface area contributed by atoms with E-state index in [1.165, 1.54) is 11.6 Å². The van der Waals surface area contributed by atoms with Crippen molar-refractivity contribution in [2.75, 3.05) is 15.4 Å². The van der Waals surface area contributed by atoms with Crippen LogP contribution in [-0.2, 0) is 10.0 Å². The maximum Gasteiger partial charge on any atom is 0.271 e. The van der Waals surface area contributed by atoms with Crippen molar-refractivity contribution in [1.29, 1.82) is 0 Å². The first-order valence-corrected chi connectivity index (χ1v) is 12.3. The second-order valence-electron chi connectivity index (χ2n) is 7.08. The van der Waals surface area contributed by atoms with E-state index >= 15 is 0 Å². The molecule has 7 nitrogen and oxygen atoms in total. The number of hydrogen-bond donors (Lipinski definition) is 3. The highest BCUT2D eigenvalue weighted by Crippen LogP contribution is 2.28. The number of benzene rings is 2. The number of nitrogens with one attached hydrogen (secondary N) is 3. The summed E-state index contributed by atoms with van der Waals surface area (Å²) in [6, 6.07) is 19.7. The van der Waals surface area contributed by atoms with Gasteiger partial charge in [-0.2, -0.15) is 4.98 Å². The minimum atomic E-state index is -3.67. The molecule has 0 spiro atoms. The van der Waals surface area contributed by atoms with E-state index in [0.29, 0.717) is 21.8 Å². The van der Waals surface area contributed by atoms with Gasteiger partial charge in [-0.15, -0.1) is 11.3 Å². The Hall–Kier alpha value is -3.14. The fourth-order valence-corrected chi connectivity index (χ4v) is 5.41. The van der Waals surface area contributed by atoms with Crippen LogP contribution in [0.2, 0.25) is 4.34 Å². The molecule has 32 heavy (non-hydrogen) atoms. The summed E-state index contributed by atoms with van der Waals surface area (Å²) in [4.78, 5) is 8.95. The van der Waals surface area contributed by atoms with Gasteiger partial charge in [-0.1, -0.05) is 29.3 Å². The van der Waals surface area contributed by atoms with Gasteiger partial charge in [-0.25, -0.2) is 13.4 Å². The lowest BCUT2D eigenvalue weighted by Crippen LogP contribution is -2.11. The zero-order chi connectivity index (χ0) is 22.7. The van der Waals surface area contributed by atoms with Gasteiger partial charge in [0.15, 0.2) is 0 Å². The highest BCUT2D eigenvalue weighted by molar-refractivity contribution is 7.94. The Morgan fingerprint density at radius 2 is 1.44 bits per heavy atom. The van der Waals surface area contributed by atoms with Crippen LogP contribution < -0.4 is 15.4 Å². The van der Waals surface area contributed by atoms with Crippen molar-refractivity contribution < 1.29 is 8.42 Å². The van der Waals surface area contributed by atoms with Crippen LogP contribution in [0.15, 0.2) is 70.9 Å². The van der Waals surface area contributed by atoms with Crippen LogP contribution in [0.3, 0.4) is 0 Å². The number of hydrogen-bond acceptors (Lipinski definition) is 7. The van der Waals surface area contributed by atoms with Crippen LogP contribution in [0, 0.1) is 13.8 Å². The number of nitrogens with zero attached hydrogens (tertiary/aromatic N) is 2. The largest absolute Gasteiger partial charge is 0.340 e. The van der Waals surface area contributed by atoms with Crippen molar-refractivity contribution >= 4 is 61.8 Å². The fraction of sp³-hybridized carbons (Fsp3) is 0.0909. The quantitative estimate of drug-likeness (QED) is 0.293. The summed E-state index contributed by atoms with van der Waals surface area (Å²) >= 11 is 6.85. The van der Waals surface area contributed by atoms with Gasteiger partial charge < -0.3 is 10.6 Å². The fourth-order valence-electron chi connectivity index (χ4n) is 2.87. The van der Waals surface area contributed by atoms with Crippen molar-refractivity contribution in [3.8, 4) is 0 Å². The molecule has 0 saturated carbocycles. The lowest BCUT2D eigenvalue weighted by atomic mass is 10.2. The van der Waals surface area contributed by atoms with E-state index in [1.54, 1.807) is 30.3 Å². The van der Waals surface area contributed by atoms with E-state index in [1.807, 2.05) is 44.2 Å². The van der Waals surface area contributed by atoms with Crippen LogP contribution >= 0.6 is 22.9 Å². The maximum atomic E-state index is 12.4. The van der Waals surface area contributed by atoms with Crippen LogP contribution in [-0.4, -0.2) is 18.4 Å². The molecule has 2 aromatic heterocycles. The Morgan fingerprint density at radius 1 is 0.812 bits per heavy atom. The van der Waals surface area contributed by atoms with Gasteiger partial charge in [0.25, 0.3) is 10.0 Å². The van der Waals surface area contributed by atoms with Gasteiger partial charge in [0.1, 0.15) is 10.0 Å². The predicted molar refractivity (Wildman–Crippen MR) is 131 cm³/mol. The van der Waals surface area contributed by atoms with Gasteiger partial charge in [0, 0.05) is 28.8 Å². The SMILES string of the molecule is Cc1ccc(Nc2nc(C)cc(Nc3ccc(NS(=O)(=O)c4ccc(Cl)s4)cc3)n2)cc1. The normalized spacial score (nSPS) is 11.2. The Kier molecular flexibility index (Phi) is 6.31. The monoisotopic (exact) mass is 485 g/mol. The molecule has 2 aromatic carbocycles. The van der Waals surface area contributed by atoms with Gasteiger partial charge in [-0.3, -0.25) is 4.72 Å². The Labute approximate surface area is 195 Å². The Balaban J connectivity index is 1.46. The molecule has 4 aromatic rings. The maximum absolute atomic E-state index is 12.4. The molecule has 164 valence electrons. The zero-order valence-electron chi connectivity index (χ0n) is 17.3. The van der Waals surface area contributed by atoms with Crippen LogP contribution in [0.25, 0.3) is 0 Å². The van der Waals surface area contributed by atoms with E-state index in [2.05, 4.69) is 25.3 Å². The van der Waals surface area contributed by atoms with Gasteiger partial charge in [0.2, 0.25) is 5.95 Å². The first-order valence-electron chi connectivity index (χ1n) is 9.61. The molecule has 0 amide bonds. The summed E-state index contributed by atoms with van der Waals surface area (Å²) < 4.78 is 28.0. The first kappa shape index (κ1) is 22.1. The van der Waals surface area contributed by atoms with Gasteiger partial charge >= 0.3 is 0 Å². The number of anilines is 5. The van der Waals surface area contributed by atoms with Crippen molar-refractivity contribution in [2.45, 2.75) is 18.1 Å². The second kappa shape index (κ2) is 9.15. The number of rotatable bonds is 7. The molecule has 0 atom stereocenters. The molecule has 0 aliphatic carbocycles. The lowest BCUT2D eigenvalue weighted by Gasteiger charge is -2.11. The summed E-state index contributed by atoms with van der Waals surface area (Å²) in [5, 5.41) is 6.42. The van der Waals surface area contributed by atoms with E-state index in [4.69, 9.17) is 11.6 Å². The summed E-state index contributed by atoms with van der Waals surface area (Å²) in [6.07, 6.45) is 0. The van der Waals surface area contributed by atoms with Gasteiger partial charge in [-0.05, 0) is 62.4 Å². The highest BCUT2D eigenvalue weighted by Gasteiger charge is 2.16. The smallest absolute Gasteiger partial charge is 0.271 e. The van der Waals surface area contributed by atoms with E-state index in [9.17, 15) is 8.42 Å². The zero-order valence-corrected chi connectivity index (χ0v) is 19.6. The summed E-state index contributed by atoms with van der Waals surface area (Å²) in [6.45, 7) is 3.92. The molecule has 0 aliphatic rings. The summed E-state index contributed by atoms with van der Waals surface area (Å²) in [5.41, 5.74) is 4.08. The van der Waals surface area contributed by atoms with Gasteiger partial charge in [0.05, 0.1) is 4.34 Å². The molecule has 0 bridgehead atoms.